The molecule has 5 nitrogen and oxygen atoms in total. The third-order valence-electron chi connectivity index (χ3n) is 2.47. The minimum Gasteiger partial charge on any atom is -0.406 e. The molecule has 8 heteroatoms. The molecule has 0 fully saturated rings. The zero-order chi connectivity index (χ0) is 15.6. The van der Waals surface area contributed by atoms with Gasteiger partial charge in [-0.05, 0) is 32.9 Å². The summed E-state index contributed by atoms with van der Waals surface area (Å²) in [5.74, 6) is -0.226. The maximum Gasteiger partial charge on any atom is 0.320 e. The van der Waals surface area contributed by atoms with Crippen molar-refractivity contribution in [1.82, 2.24) is 15.5 Å². The fraction of sp³-hybridized carbons (Fsp3) is 0.385. The van der Waals surface area contributed by atoms with Crippen LogP contribution in [-0.2, 0) is 6.54 Å². The highest BCUT2D eigenvalue weighted by molar-refractivity contribution is 6.35. The van der Waals surface area contributed by atoms with Gasteiger partial charge in [0.05, 0.1) is 16.6 Å². The summed E-state index contributed by atoms with van der Waals surface area (Å²) < 4.78 is 18.7. The number of halogens is 3. The molecule has 0 amide bonds. The first-order valence-corrected chi connectivity index (χ1v) is 6.99. The van der Waals surface area contributed by atoms with Gasteiger partial charge >= 0.3 is 6.01 Å². The molecule has 0 spiro atoms. The number of nitrogens with zero attached hydrogens (tertiary/aromatic N) is 2. The number of nitrogens with one attached hydrogen (secondary N) is 2. The van der Waals surface area contributed by atoms with Crippen molar-refractivity contribution in [2.75, 3.05) is 5.32 Å². The number of benzene rings is 1. The Morgan fingerprint density at radius 3 is 2.38 bits per heavy atom. The van der Waals surface area contributed by atoms with Gasteiger partial charge in [-0.1, -0.05) is 28.3 Å². The summed E-state index contributed by atoms with van der Waals surface area (Å²) in [6.07, 6.45) is 0. The molecule has 0 saturated heterocycles. The highest BCUT2D eigenvalue weighted by Gasteiger charge is 2.13. The first-order valence-electron chi connectivity index (χ1n) is 6.23. The van der Waals surface area contributed by atoms with Crippen molar-refractivity contribution in [3.8, 4) is 0 Å². The van der Waals surface area contributed by atoms with Crippen LogP contribution in [0.25, 0.3) is 0 Å². The Morgan fingerprint density at radius 2 is 1.81 bits per heavy atom. The lowest BCUT2D eigenvalue weighted by Gasteiger charge is -2.18. The smallest absolute Gasteiger partial charge is 0.320 e. The second-order valence-electron chi connectivity index (χ2n) is 5.48. The van der Waals surface area contributed by atoms with E-state index in [0.29, 0.717) is 18.1 Å². The molecule has 1 aromatic carbocycles. The predicted molar refractivity (Wildman–Crippen MR) is 80.6 cm³/mol. The second kappa shape index (κ2) is 6.17. The third kappa shape index (κ3) is 4.56. The zero-order valence-electron chi connectivity index (χ0n) is 11.8. The molecule has 0 aliphatic heterocycles. The van der Waals surface area contributed by atoms with Crippen LogP contribution in [0.3, 0.4) is 0 Å². The fourth-order valence-electron chi connectivity index (χ4n) is 1.47. The zero-order valence-corrected chi connectivity index (χ0v) is 13.3. The van der Waals surface area contributed by atoms with Crippen molar-refractivity contribution in [2.24, 2.45) is 0 Å². The van der Waals surface area contributed by atoms with Crippen molar-refractivity contribution in [3.63, 3.8) is 0 Å². The Kier molecular flexibility index (Phi) is 4.70. The Bertz CT molecular complexity index is 616. The van der Waals surface area contributed by atoms with Crippen molar-refractivity contribution in [2.45, 2.75) is 32.9 Å². The van der Waals surface area contributed by atoms with Gasteiger partial charge in [0.15, 0.2) is 5.82 Å². The third-order valence-corrected chi connectivity index (χ3v) is 3.02. The molecule has 2 N–H and O–H groups in total. The monoisotopic (exact) mass is 332 g/mol. The summed E-state index contributed by atoms with van der Waals surface area (Å²) in [7, 11) is 0. The fourth-order valence-corrected chi connectivity index (χ4v) is 1.95. The van der Waals surface area contributed by atoms with Gasteiger partial charge in [-0.25, -0.2) is 4.39 Å². The quantitative estimate of drug-likeness (QED) is 0.823. The molecule has 0 unspecified atom stereocenters. The van der Waals surface area contributed by atoms with E-state index in [0.717, 1.165) is 0 Å². The van der Waals surface area contributed by atoms with E-state index in [4.69, 9.17) is 27.6 Å². The van der Waals surface area contributed by atoms with Crippen molar-refractivity contribution >= 4 is 34.9 Å². The molecule has 0 atom stereocenters. The van der Waals surface area contributed by atoms with Crippen LogP contribution in [0.4, 0.5) is 16.1 Å². The van der Waals surface area contributed by atoms with Crippen molar-refractivity contribution < 1.29 is 8.81 Å². The molecule has 2 rings (SSSR count). The lowest BCUT2D eigenvalue weighted by Crippen LogP contribution is -2.35. The Labute approximate surface area is 131 Å². The predicted octanol–water partition coefficient (Wildman–Crippen LogP) is 4.15. The van der Waals surface area contributed by atoms with Crippen LogP contribution in [0.2, 0.25) is 10.0 Å². The van der Waals surface area contributed by atoms with Gasteiger partial charge in [0.2, 0.25) is 5.89 Å². The van der Waals surface area contributed by atoms with Crippen LogP contribution in [0, 0.1) is 5.82 Å². The van der Waals surface area contributed by atoms with Crippen LogP contribution in [0.1, 0.15) is 26.7 Å². The van der Waals surface area contributed by atoms with Gasteiger partial charge in [-0.3, -0.25) is 0 Å². The van der Waals surface area contributed by atoms with Gasteiger partial charge in [-0.2, -0.15) is 0 Å². The first kappa shape index (κ1) is 16.0. The van der Waals surface area contributed by atoms with E-state index in [-0.39, 0.29) is 21.6 Å². The average Bonchev–Trinajstić information content (AvgIpc) is 2.80. The molecular weight excluding hydrogens is 318 g/mol. The topological polar surface area (TPSA) is 63.0 Å². The SMILES string of the molecule is CC(C)(C)NCc1nnc(Nc2cc(Cl)c(F)c(Cl)c2)o1. The van der Waals surface area contributed by atoms with Crippen LogP contribution >= 0.6 is 23.2 Å². The maximum absolute atomic E-state index is 13.3. The number of anilines is 2. The normalized spacial score (nSPS) is 11.7. The van der Waals surface area contributed by atoms with E-state index in [1.807, 2.05) is 20.8 Å². The molecule has 1 aromatic heterocycles. The summed E-state index contributed by atoms with van der Waals surface area (Å²) >= 11 is 11.4. The van der Waals surface area contributed by atoms with Gasteiger partial charge in [0.1, 0.15) is 0 Å². The van der Waals surface area contributed by atoms with E-state index in [2.05, 4.69) is 20.8 Å². The number of hydrogen-bond donors (Lipinski definition) is 2. The van der Waals surface area contributed by atoms with Crippen molar-refractivity contribution in [3.05, 3.63) is 33.9 Å². The minimum atomic E-state index is -0.663. The Balaban J connectivity index is 2.06. The van der Waals surface area contributed by atoms with E-state index < -0.39 is 5.82 Å². The van der Waals surface area contributed by atoms with Crippen LogP contribution in [-0.4, -0.2) is 15.7 Å². The maximum atomic E-state index is 13.3. The molecule has 1 heterocycles. The second-order valence-corrected chi connectivity index (χ2v) is 6.30. The summed E-state index contributed by atoms with van der Waals surface area (Å²) in [5, 5.41) is 13.6. The molecule has 0 bridgehead atoms. The molecule has 0 aliphatic rings. The average molecular weight is 333 g/mol. The largest absolute Gasteiger partial charge is 0.406 e. The van der Waals surface area contributed by atoms with Crippen LogP contribution in [0.5, 0.6) is 0 Å². The molecule has 0 aliphatic carbocycles. The van der Waals surface area contributed by atoms with E-state index in [9.17, 15) is 4.39 Å². The lowest BCUT2D eigenvalue weighted by molar-refractivity contribution is 0.384. The lowest BCUT2D eigenvalue weighted by atomic mass is 10.1. The summed E-state index contributed by atoms with van der Waals surface area (Å²) in [6.45, 7) is 6.55. The molecule has 0 radical (unpaired) electrons. The Morgan fingerprint density at radius 1 is 1.19 bits per heavy atom. The van der Waals surface area contributed by atoms with E-state index in [1.165, 1.54) is 12.1 Å². The molecule has 21 heavy (non-hydrogen) atoms. The summed E-state index contributed by atoms with van der Waals surface area (Å²) in [6, 6.07) is 2.96. The standard InChI is InChI=1S/C13H15Cl2FN4O/c1-13(2,3)17-6-10-19-20-12(21-10)18-7-4-8(14)11(16)9(15)5-7/h4-5,17H,6H2,1-3H3,(H,18,20). The molecule has 2 aromatic rings. The Hall–Kier alpha value is -1.37. The number of aromatic nitrogens is 2. The number of rotatable bonds is 4. The van der Waals surface area contributed by atoms with Gasteiger partial charge in [0, 0.05) is 11.2 Å². The van der Waals surface area contributed by atoms with E-state index >= 15 is 0 Å². The minimum absolute atomic E-state index is 0.0555. The van der Waals surface area contributed by atoms with Gasteiger partial charge < -0.3 is 15.1 Å². The van der Waals surface area contributed by atoms with Crippen LogP contribution < -0.4 is 10.6 Å². The number of hydrogen-bond acceptors (Lipinski definition) is 5. The van der Waals surface area contributed by atoms with Crippen LogP contribution in [0.15, 0.2) is 16.5 Å². The summed E-state index contributed by atoms with van der Waals surface area (Å²) in [5.41, 5.74) is 0.408. The highest BCUT2D eigenvalue weighted by atomic mass is 35.5. The molecular formula is C13H15Cl2FN4O. The molecule has 114 valence electrons. The molecule has 0 saturated carbocycles. The van der Waals surface area contributed by atoms with E-state index in [1.54, 1.807) is 0 Å². The highest BCUT2D eigenvalue weighted by Crippen LogP contribution is 2.28. The van der Waals surface area contributed by atoms with Crippen molar-refractivity contribution in [1.29, 1.82) is 0 Å². The summed E-state index contributed by atoms with van der Waals surface area (Å²) in [4.78, 5) is 0. The first-order chi connectivity index (χ1) is 9.74. The van der Waals surface area contributed by atoms with Gasteiger partial charge in [0.25, 0.3) is 0 Å². The van der Waals surface area contributed by atoms with Gasteiger partial charge in [-0.15, -0.1) is 5.10 Å².